The van der Waals surface area contributed by atoms with Gasteiger partial charge in [0.25, 0.3) is 5.91 Å². The fraction of sp³-hybridized carbons (Fsp3) is 0.429. The summed E-state index contributed by atoms with van der Waals surface area (Å²) in [6.07, 6.45) is -4.94. The molecule has 2 heterocycles. The van der Waals surface area contributed by atoms with Gasteiger partial charge in [0, 0.05) is 10.4 Å². The number of hydrogen-bond donors (Lipinski definition) is 1. The molecule has 0 spiro atoms. The average molecular weight is 459 g/mol. The summed E-state index contributed by atoms with van der Waals surface area (Å²) in [5.41, 5.74) is -3.81. The van der Waals surface area contributed by atoms with Crippen molar-refractivity contribution in [2.75, 3.05) is 11.9 Å². The number of amides is 1. The summed E-state index contributed by atoms with van der Waals surface area (Å²) in [7, 11) is 0. The molecular formula is C21H21F4NO4S. The summed E-state index contributed by atoms with van der Waals surface area (Å²) in [6, 6.07) is 2.27. The van der Waals surface area contributed by atoms with Crippen LogP contribution in [0, 0.1) is 5.82 Å². The van der Waals surface area contributed by atoms with E-state index in [9.17, 15) is 27.2 Å². The van der Waals surface area contributed by atoms with Crippen molar-refractivity contribution in [3.8, 4) is 0 Å². The minimum Gasteiger partial charge on any atom is -0.462 e. The van der Waals surface area contributed by atoms with Crippen LogP contribution in [0.2, 0.25) is 0 Å². The highest BCUT2D eigenvalue weighted by Gasteiger charge is 2.49. The van der Waals surface area contributed by atoms with E-state index in [0.29, 0.717) is 16.5 Å². The SMILES string of the molecule is CCOC(=O)c1c(NC(=O)c2c(F)cccc2C(F)(F)F)sc2c1C(C)(C)OC2(C)C. The Kier molecular flexibility index (Phi) is 5.69. The first kappa shape index (κ1) is 23.2. The standard InChI is InChI=1S/C21H21F4NO4S/c1-6-29-18(28)13-14-15(20(4,5)30-19(14,2)3)31-17(13)26-16(27)12-10(21(23,24)25)8-7-9-11(12)22/h7-9H,6H2,1-5H3,(H,26,27). The highest BCUT2D eigenvalue weighted by molar-refractivity contribution is 7.17. The predicted molar refractivity (Wildman–Crippen MR) is 107 cm³/mol. The molecule has 10 heteroatoms. The molecule has 1 aromatic carbocycles. The zero-order valence-electron chi connectivity index (χ0n) is 17.5. The van der Waals surface area contributed by atoms with Crippen molar-refractivity contribution in [3.05, 3.63) is 51.1 Å². The molecule has 1 aromatic heterocycles. The van der Waals surface area contributed by atoms with Crippen LogP contribution in [0.25, 0.3) is 0 Å². The number of hydrogen-bond acceptors (Lipinski definition) is 5. The first-order valence-electron chi connectivity index (χ1n) is 9.42. The lowest BCUT2D eigenvalue weighted by Gasteiger charge is -2.26. The van der Waals surface area contributed by atoms with Crippen molar-refractivity contribution in [2.24, 2.45) is 0 Å². The number of anilines is 1. The first-order chi connectivity index (χ1) is 14.2. The normalized spacial score (nSPS) is 16.7. The molecule has 0 bridgehead atoms. The molecule has 1 aliphatic rings. The molecule has 5 nitrogen and oxygen atoms in total. The largest absolute Gasteiger partial charge is 0.462 e. The van der Waals surface area contributed by atoms with Gasteiger partial charge in [-0.1, -0.05) is 6.07 Å². The van der Waals surface area contributed by atoms with Crippen LogP contribution in [0.15, 0.2) is 18.2 Å². The van der Waals surface area contributed by atoms with Gasteiger partial charge in [0.1, 0.15) is 16.4 Å². The highest BCUT2D eigenvalue weighted by atomic mass is 32.1. The van der Waals surface area contributed by atoms with Crippen molar-refractivity contribution in [2.45, 2.75) is 52.0 Å². The second kappa shape index (κ2) is 7.59. The number of nitrogens with one attached hydrogen (secondary N) is 1. The maximum Gasteiger partial charge on any atom is 0.417 e. The number of rotatable bonds is 4. The molecular weight excluding hydrogens is 438 g/mol. The van der Waals surface area contributed by atoms with Crippen molar-refractivity contribution in [1.29, 1.82) is 0 Å². The van der Waals surface area contributed by atoms with Gasteiger partial charge in [-0.05, 0) is 46.8 Å². The maximum absolute atomic E-state index is 14.3. The van der Waals surface area contributed by atoms with Crippen molar-refractivity contribution in [3.63, 3.8) is 0 Å². The lowest BCUT2D eigenvalue weighted by atomic mass is 9.94. The summed E-state index contributed by atoms with van der Waals surface area (Å²) in [5, 5.41) is 2.29. The monoisotopic (exact) mass is 459 g/mol. The molecule has 0 unspecified atom stereocenters. The van der Waals surface area contributed by atoms with Gasteiger partial charge in [0.05, 0.1) is 28.9 Å². The number of esters is 1. The van der Waals surface area contributed by atoms with E-state index in [0.717, 1.165) is 23.5 Å². The van der Waals surface area contributed by atoms with Crippen LogP contribution in [0.4, 0.5) is 22.6 Å². The van der Waals surface area contributed by atoms with E-state index in [1.165, 1.54) is 0 Å². The topological polar surface area (TPSA) is 64.6 Å². The van der Waals surface area contributed by atoms with Gasteiger partial charge in [-0.15, -0.1) is 11.3 Å². The van der Waals surface area contributed by atoms with Gasteiger partial charge in [-0.2, -0.15) is 13.2 Å². The molecule has 0 aliphatic carbocycles. The van der Waals surface area contributed by atoms with Gasteiger partial charge >= 0.3 is 12.1 Å². The van der Waals surface area contributed by atoms with Crippen LogP contribution in [-0.4, -0.2) is 18.5 Å². The fourth-order valence-corrected chi connectivity index (χ4v) is 5.18. The Morgan fingerprint density at radius 1 is 1.13 bits per heavy atom. The van der Waals surface area contributed by atoms with E-state index in [2.05, 4.69) is 5.32 Å². The summed E-state index contributed by atoms with van der Waals surface area (Å²) in [5.74, 6) is -3.39. The Balaban J connectivity index is 2.14. The number of fused-ring (bicyclic) bond motifs is 1. The molecule has 31 heavy (non-hydrogen) atoms. The van der Waals surface area contributed by atoms with Gasteiger partial charge in [0.15, 0.2) is 0 Å². The quantitative estimate of drug-likeness (QED) is 0.461. The Morgan fingerprint density at radius 2 is 1.77 bits per heavy atom. The number of thiophene rings is 1. The predicted octanol–water partition coefficient (Wildman–Crippen LogP) is 5.84. The highest BCUT2D eigenvalue weighted by Crippen LogP contribution is 2.54. The molecule has 1 N–H and O–H groups in total. The number of benzene rings is 1. The number of carbonyl (C=O) groups excluding carboxylic acids is 2. The smallest absolute Gasteiger partial charge is 0.417 e. The third-order valence-corrected chi connectivity index (χ3v) is 6.23. The lowest BCUT2D eigenvalue weighted by molar-refractivity contribution is -0.138. The average Bonchev–Trinajstić information content (AvgIpc) is 3.08. The second-order valence-electron chi connectivity index (χ2n) is 7.97. The molecule has 3 rings (SSSR count). The molecule has 0 radical (unpaired) electrons. The third kappa shape index (κ3) is 4.06. The van der Waals surface area contributed by atoms with Crippen LogP contribution >= 0.6 is 11.3 Å². The first-order valence-corrected chi connectivity index (χ1v) is 10.2. The van der Waals surface area contributed by atoms with Crippen LogP contribution < -0.4 is 5.32 Å². The summed E-state index contributed by atoms with van der Waals surface area (Å²) >= 11 is 0.993. The Morgan fingerprint density at radius 3 is 2.35 bits per heavy atom. The van der Waals surface area contributed by atoms with E-state index in [1.807, 2.05) is 0 Å². The van der Waals surface area contributed by atoms with E-state index in [-0.39, 0.29) is 17.2 Å². The summed E-state index contributed by atoms with van der Waals surface area (Å²) in [4.78, 5) is 26.1. The number of ether oxygens (including phenoxy) is 2. The molecule has 0 saturated heterocycles. The second-order valence-corrected chi connectivity index (χ2v) is 8.99. The zero-order valence-corrected chi connectivity index (χ0v) is 18.3. The van der Waals surface area contributed by atoms with E-state index < -0.39 is 46.2 Å². The lowest BCUT2D eigenvalue weighted by Crippen LogP contribution is -2.25. The van der Waals surface area contributed by atoms with E-state index in [4.69, 9.17) is 9.47 Å². The Hall–Kier alpha value is -2.46. The van der Waals surface area contributed by atoms with Crippen molar-refractivity contribution >= 4 is 28.2 Å². The Bertz CT molecular complexity index is 1060. The minimum absolute atomic E-state index is 0.00401. The number of alkyl halides is 3. The molecule has 1 amide bonds. The number of carbonyl (C=O) groups is 2. The fourth-order valence-electron chi connectivity index (χ4n) is 3.81. The van der Waals surface area contributed by atoms with Crippen LogP contribution in [0.1, 0.15) is 71.3 Å². The van der Waals surface area contributed by atoms with Crippen molar-refractivity contribution < 1.29 is 36.6 Å². The van der Waals surface area contributed by atoms with Crippen LogP contribution in [-0.2, 0) is 26.9 Å². The van der Waals surface area contributed by atoms with Gasteiger partial charge < -0.3 is 14.8 Å². The third-order valence-electron chi connectivity index (χ3n) is 4.82. The maximum atomic E-state index is 14.3. The van der Waals surface area contributed by atoms with Gasteiger partial charge in [-0.25, -0.2) is 9.18 Å². The summed E-state index contributed by atoms with van der Waals surface area (Å²) < 4.78 is 65.4. The Labute approximate surface area is 180 Å². The summed E-state index contributed by atoms with van der Waals surface area (Å²) in [6.45, 7) is 8.67. The number of halogens is 4. The molecule has 1 aliphatic heterocycles. The molecule has 0 atom stereocenters. The van der Waals surface area contributed by atoms with Gasteiger partial charge in [0.2, 0.25) is 0 Å². The molecule has 168 valence electrons. The molecule has 2 aromatic rings. The zero-order chi connectivity index (χ0) is 23.4. The van der Waals surface area contributed by atoms with Crippen LogP contribution in [0.3, 0.4) is 0 Å². The molecule has 0 fully saturated rings. The van der Waals surface area contributed by atoms with Crippen molar-refractivity contribution in [1.82, 2.24) is 0 Å². The van der Waals surface area contributed by atoms with Crippen LogP contribution in [0.5, 0.6) is 0 Å². The molecule has 0 saturated carbocycles. The van der Waals surface area contributed by atoms with Gasteiger partial charge in [-0.3, -0.25) is 4.79 Å². The van der Waals surface area contributed by atoms with E-state index in [1.54, 1.807) is 34.6 Å². The van der Waals surface area contributed by atoms with E-state index >= 15 is 0 Å². The minimum atomic E-state index is -4.94.